The zero-order valence-corrected chi connectivity index (χ0v) is 9.69. The molecule has 19 heavy (non-hydrogen) atoms. The van der Waals surface area contributed by atoms with E-state index in [-0.39, 0.29) is 11.4 Å². The molecular weight excluding hydrogens is 251 g/mol. The number of anilines is 2. The number of rotatable bonds is 3. The smallest absolute Gasteiger partial charge is 0.258 e. The van der Waals surface area contributed by atoms with Gasteiger partial charge in [-0.2, -0.15) is 0 Å². The number of para-hydroxylation sites is 1. The predicted molar refractivity (Wildman–Crippen MR) is 68.2 cm³/mol. The van der Waals surface area contributed by atoms with E-state index < -0.39 is 11.1 Å². The molecule has 0 saturated carbocycles. The van der Waals surface area contributed by atoms with Crippen molar-refractivity contribution in [3.05, 3.63) is 64.7 Å². The van der Waals surface area contributed by atoms with Gasteiger partial charge in [-0.15, -0.1) is 4.39 Å². The van der Waals surface area contributed by atoms with Crippen molar-refractivity contribution in [3.63, 3.8) is 0 Å². The van der Waals surface area contributed by atoms with Crippen LogP contribution in [0, 0.1) is 10.1 Å². The lowest BCUT2D eigenvalue weighted by Crippen LogP contribution is -2.20. The normalized spacial score (nSPS) is 9.95. The maximum absolute atomic E-state index is 13.1. The molecule has 0 aliphatic carbocycles. The molecule has 1 amide bonds. The molecule has 0 bridgehead atoms. The fourth-order valence-electron chi connectivity index (χ4n) is 1.65. The van der Waals surface area contributed by atoms with Crippen LogP contribution in [0.2, 0.25) is 0 Å². The number of carbonyl (C=O) groups is 1. The molecule has 0 spiro atoms. The lowest BCUT2D eigenvalue weighted by atomic mass is 10.2. The van der Waals surface area contributed by atoms with E-state index in [4.69, 9.17) is 0 Å². The molecule has 0 atom stereocenters. The second-order valence-corrected chi connectivity index (χ2v) is 3.70. The third kappa shape index (κ3) is 2.74. The van der Waals surface area contributed by atoms with Crippen molar-refractivity contribution < 1.29 is 14.1 Å². The number of non-ortho nitro benzene ring substituents is 1. The van der Waals surface area contributed by atoms with Crippen molar-refractivity contribution in [2.45, 2.75) is 0 Å². The fourth-order valence-corrected chi connectivity index (χ4v) is 1.65. The van der Waals surface area contributed by atoms with E-state index in [0.717, 1.165) is 4.90 Å². The molecule has 0 aliphatic rings. The molecule has 0 saturated heterocycles. The third-order valence-corrected chi connectivity index (χ3v) is 2.51. The summed E-state index contributed by atoms with van der Waals surface area (Å²) in [6, 6.07) is 13.3. The molecule has 2 rings (SSSR count). The molecule has 0 radical (unpaired) electrons. The number of nitro groups is 1. The molecule has 0 unspecified atom stereocenters. The van der Waals surface area contributed by atoms with Gasteiger partial charge < -0.3 is 0 Å². The predicted octanol–water partition coefficient (Wildman–Crippen LogP) is 3.82. The molecule has 96 valence electrons. The average Bonchev–Trinajstić information content (AvgIpc) is 2.40. The SMILES string of the molecule is O=C(F)N(c1ccccc1)c1ccc([N+](=O)[O-])cc1. The maximum atomic E-state index is 13.1. The van der Waals surface area contributed by atoms with Crippen molar-refractivity contribution in [2.75, 3.05) is 4.90 Å². The second-order valence-electron chi connectivity index (χ2n) is 3.70. The van der Waals surface area contributed by atoms with Gasteiger partial charge in [0.15, 0.2) is 0 Å². The first kappa shape index (κ1) is 12.7. The van der Waals surface area contributed by atoms with E-state index >= 15 is 0 Å². The quantitative estimate of drug-likeness (QED) is 0.364. The lowest BCUT2D eigenvalue weighted by molar-refractivity contribution is -0.384. The Morgan fingerprint density at radius 2 is 1.53 bits per heavy atom. The molecule has 5 nitrogen and oxygen atoms in total. The number of nitrogens with zero attached hydrogens (tertiary/aromatic N) is 2. The van der Waals surface area contributed by atoms with Crippen LogP contribution in [0.4, 0.5) is 26.2 Å². The van der Waals surface area contributed by atoms with Crippen molar-refractivity contribution in [1.82, 2.24) is 0 Å². The van der Waals surface area contributed by atoms with Crippen LogP contribution < -0.4 is 4.90 Å². The van der Waals surface area contributed by atoms with Gasteiger partial charge >= 0.3 is 6.16 Å². The summed E-state index contributed by atoms with van der Waals surface area (Å²) in [6.07, 6.45) is -1.65. The highest BCUT2D eigenvalue weighted by molar-refractivity contribution is 5.95. The summed E-state index contributed by atoms with van der Waals surface area (Å²) in [4.78, 5) is 21.9. The van der Waals surface area contributed by atoms with E-state index in [0.29, 0.717) is 5.69 Å². The topological polar surface area (TPSA) is 63.5 Å². The number of halogens is 1. The van der Waals surface area contributed by atoms with Gasteiger partial charge in [0.25, 0.3) is 5.69 Å². The van der Waals surface area contributed by atoms with Gasteiger partial charge in [0.1, 0.15) is 0 Å². The molecule has 0 aromatic heterocycles. The van der Waals surface area contributed by atoms with E-state index in [9.17, 15) is 19.3 Å². The molecule has 2 aromatic carbocycles. The van der Waals surface area contributed by atoms with E-state index in [1.807, 2.05) is 0 Å². The third-order valence-electron chi connectivity index (χ3n) is 2.51. The Labute approximate surface area is 108 Å². The molecule has 0 heterocycles. The van der Waals surface area contributed by atoms with E-state index in [1.165, 1.54) is 24.3 Å². The Morgan fingerprint density at radius 3 is 2.00 bits per heavy atom. The van der Waals surface area contributed by atoms with Crippen LogP contribution in [0.1, 0.15) is 0 Å². The van der Waals surface area contributed by atoms with Crippen LogP contribution >= 0.6 is 0 Å². The maximum Gasteiger partial charge on any atom is 0.409 e. The minimum Gasteiger partial charge on any atom is -0.258 e. The minimum absolute atomic E-state index is 0.122. The van der Waals surface area contributed by atoms with Gasteiger partial charge in [0.2, 0.25) is 0 Å². The Balaban J connectivity index is 2.40. The number of carbonyl (C=O) groups excluding carboxylic acids is 1. The molecule has 2 aromatic rings. The monoisotopic (exact) mass is 260 g/mol. The summed E-state index contributed by atoms with van der Waals surface area (Å²) in [5.41, 5.74) is 0.455. The largest absolute Gasteiger partial charge is 0.409 e. The lowest BCUT2D eigenvalue weighted by Gasteiger charge is -2.18. The highest BCUT2D eigenvalue weighted by atomic mass is 19.1. The highest BCUT2D eigenvalue weighted by Crippen LogP contribution is 2.27. The zero-order valence-electron chi connectivity index (χ0n) is 9.69. The summed E-state index contributed by atoms with van der Waals surface area (Å²) in [5, 5.41) is 10.5. The molecular formula is C13H9FN2O3. The van der Waals surface area contributed by atoms with E-state index in [2.05, 4.69) is 0 Å². The van der Waals surface area contributed by atoms with E-state index in [1.54, 1.807) is 30.3 Å². The summed E-state index contributed by atoms with van der Waals surface area (Å²) in [5.74, 6) is 0. The summed E-state index contributed by atoms with van der Waals surface area (Å²) in [7, 11) is 0. The van der Waals surface area contributed by atoms with Crippen molar-refractivity contribution in [2.24, 2.45) is 0 Å². The summed E-state index contributed by atoms with van der Waals surface area (Å²) >= 11 is 0. The number of amides is 1. The number of hydrogen-bond donors (Lipinski definition) is 0. The van der Waals surface area contributed by atoms with Crippen LogP contribution in [0.15, 0.2) is 54.6 Å². The van der Waals surface area contributed by atoms with Crippen LogP contribution in [0.5, 0.6) is 0 Å². The van der Waals surface area contributed by atoms with Crippen molar-refractivity contribution in [1.29, 1.82) is 0 Å². The molecule has 6 heteroatoms. The summed E-state index contributed by atoms with van der Waals surface area (Å²) in [6.45, 7) is 0. The second kappa shape index (κ2) is 5.26. The number of benzene rings is 2. The van der Waals surface area contributed by atoms with Gasteiger partial charge in [-0.25, -0.2) is 4.79 Å². The summed E-state index contributed by atoms with van der Waals surface area (Å²) < 4.78 is 13.1. The van der Waals surface area contributed by atoms with Gasteiger partial charge in [-0.1, -0.05) is 18.2 Å². The van der Waals surface area contributed by atoms with Crippen molar-refractivity contribution >= 4 is 23.2 Å². The molecule has 0 N–H and O–H groups in total. The zero-order chi connectivity index (χ0) is 13.8. The number of hydrogen-bond acceptors (Lipinski definition) is 3. The van der Waals surface area contributed by atoms with Crippen LogP contribution in [-0.4, -0.2) is 11.1 Å². The molecule has 0 aliphatic heterocycles. The van der Waals surface area contributed by atoms with Gasteiger partial charge in [-0.05, 0) is 24.3 Å². The molecule has 0 fully saturated rings. The first-order valence-corrected chi connectivity index (χ1v) is 5.38. The van der Waals surface area contributed by atoms with Crippen LogP contribution in [-0.2, 0) is 0 Å². The first-order valence-electron chi connectivity index (χ1n) is 5.38. The average molecular weight is 260 g/mol. The highest BCUT2D eigenvalue weighted by Gasteiger charge is 2.18. The Bertz CT molecular complexity index is 599. The van der Waals surface area contributed by atoms with Gasteiger partial charge in [0.05, 0.1) is 16.3 Å². The number of nitro benzene ring substituents is 1. The van der Waals surface area contributed by atoms with Crippen LogP contribution in [0.3, 0.4) is 0 Å². The Morgan fingerprint density at radius 1 is 1.00 bits per heavy atom. The Kier molecular flexibility index (Phi) is 3.51. The fraction of sp³-hybridized carbons (Fsp3) is 0. The Hall–Kier alpha value is -2.76. The van der Waals surface area contributed by atoms with Gasteiger partial charge in [0, 0.05) is 12.1 Å². The first-order chi connectivity index (χ1) is 9.09. The van der Waals surface area contributed by atoms with Crippen LogP contribution in [0.25, 0.3) is 0 Å². The van der Waals surface area contributed by atoms with Gasteiger partial charge in [-0.3, -0.25) is 15.0 Å². The standard InChI is InChI=1S/C13H9FN2O3/c14-13(17)15(10-4-2-1-3-5-10)11-6-8-12(9-7-11)16(18)19/h1-9H. The minimum atomic E-state index is -1.65. The van der Waals surface area contributed by atoms with Crippen molar-refractivity contribution in [3.8, 4) is 0 Å².